The third-order valence-corrected chi connectivity index (χ3v) is 4.23. The number of carbonyl (C=O) groups is 1. The highest BCUT2D eigenvalue weighted by Crippen LogP contribution is 2.16. The summed E-state index contributed by atoms with van der Waals surface area (Å²) in [5.74, 6) is 0.534. The lowest BCUT2D eigenvalue weighted by molar-refractivity contribution is -0.132. The number of hydrogen-bond donors (Lipinski definition) is 2. The average Bonchev–Trinajstić information content (AvgIpc) is 2.50. The highest BCUT2D eigenvalue weighted by Gasteiger charge is 2.23. The maximum Gasteiger partial charge on any atom is 0.222 e. The van der Waals surface area contributed by atoms with Crippen LogP contribution >= 0.6 is 15.9 Å². The van der Waals surface area contributed by atoms with Crippen molar-refractivity contribution in [1.29, 1.82) is 0 Å². The molecule has 0 spiro atoms. The summed E-state index contributed by atoms with van der Waals surface area (Å²) < 4.78 is 14.6. The lowest BCUT2D eigenvalue weighted by atomic mass is 10.1. The van der Waals surface area contributed by atoms with Crippen LogP contribution in [0.4, 0.5) is 4.39 Å². The van der Waals surface area contributed by atoms with Gasteiger partial charge in [0.05, 0.1) is 6.54 Å². The Bertz CT molecular complexity index is 593. The number of guanidine groups is 1. The van der Waals surface area contributed by atoms with Crippen LogP contribution in [0.3, 0.4) is 0 Å². The Morgan fingerprint density at radius 1 is 1.52 bits per heavy atom. The van der Waals surface area contributed by atoms with Gasteiger partial charge in [0.1, 0.15) is 5.82 Å². The van der Waals surface area contributed by atoms with Gasteiger partial charge in [-0.3, -0.25) is 4.79 Å². The number of hydrogen-bond acceptors (Lipinski definition) is 2. The summed E-state index contributed by atoms with van der Waals surface area (Å²) in [7, 11) is 1.80. The molecule has 23 heavy (non-hydrogen) atoms. The number of carbonyl (C=O) groups excluding carboxylic acids is 1. The fraction of sp³-hybridized carbons (Fsp3) is 0.500. The molecule has 1 aliphatic rings. The maximum absolute atomic E-state index is 13.9. The minimum Gasteiger partial charge on any atom is -0.357 e. The van der Waals surface area contributed by atoms with Gasteiger partial charge in [0.15, 0.2) is 5.96 Å². The summed E-state index contributed by atoms with van der Waals surface area (Å²) in [5.41, 5.74) is 0.543. The van der Waals surface area contributed by atoms with Crippen molar-refractivity contribution in [2.75, 3.05) is 20.1 Å². The number of rotatable bonds is 4. The Hall–Kier alpha value is -1.63. The van der Waals surface area contributed by atoms with E-state index in [4.69, 9.17) is 0 Å². The topological polar surface area (TPSA) is 56.7 Å². The summed E-state index contributed by atoms with van der Waals surface area (Å²) in [4.78, 5) is 17.7. The van der Waals surface area contributed by atoms with E-state index >= 15 is 0 Å². The minimum absolute atomic E-state index is 0.158. The van der Waals surface area contributed by atoms with E-state index < -0.39 is 0 Å². The number of nitrogens with zero attached hydrogens (tertiary/aromatic N) is 2. The molecule has 0 aromatic heterocycles. The molecule has 2 rings (SSSR count). The van der Waals surface area contributed by atoms with Crippen LogP contribution in [0.25, 0.3) is 0 Å². The maximum atomic E-state index is 13.9. The van der Waals surface area contributed by atoms with Crippen LogP contribution in [0.1, 0.15) is 25.3 Å². The molecule has 1 amide bonds. The average molecular weight is 385 g/mol. The van der Waals surface area contributed by atoms with E-state index in [-0.39, 0.29) is 24.3 Å². The number of likely N-dealkylation sites (tertiary alicyclic amines) is 1. The van der Waals surface area contributed by atoms with Crippen molar-refractivity contribution in [3.05, 3.63) is 34.1 Å². The smallest absolute Gasteiger partial charge is 0.222 e. The van der Waals surface area contributed by atoms with Crippen molar-refractivity contribution in [2.45, 2.75) is 32.4 Å². The molecule has 1 unspecified atom stereocenters. The lowest BCUT2D eigenvalue weighted by Gasteiger charge is -2.31. The monoisotopic (exact) mass is 384 g/mol. The lowest BCUT2D eigenvalue weighted by Crippen LogP contribution is -2.51. The molecule has 7 heteroatoms. The normalized spacial score (nSPS) is 19.0. The van der Waals surface area contributed by atoms with Crippen LogP contribution in [0, 0.1) is 5.82 Å². The molecule has 126 valence electrons. The first-order valence-corrected chi connectivity index (χ1v) is 8.51. The third-order valence-electron chi connectivity index (χ3n) is 3.73. The number of piperidine rings is 1. The molecule has 1 aromatic carbocycles. The molecular formula is C16H22BrFN4O. The molecular weight excluding hydrogens is 363 g/mol. The summed E-state index contributed by atoms with van der Waals surface area (Å²) >= 11 is 3.24. The highest BCUT2D eigenvalue weighted by molar-refractivity contribution is 9.10. The van der Waals surface area contributed by atoms with E-state index in [0.717, 1.165) is 13.0 Å². The molecule has 0 bridgehead atoms. The fourth-order valence-electron chi connectivity index (χ4n) is 2.46. The second kappa shape index (κ2) is 8.29. The van der Waals surface area contributed by atoms with Gasteiger partial charge in [-0.1, -0.05) is 22.0 Å². The van der Waals surface area contributed by atoms with Crippen LogP contribution < -0.4 is 10.6 Å². The first kappa shape index (κ1) is 17.7. The van der Waals surface area contributed by atoms with Crippen molar-refractivity contribution in [3.8, 4) is 0 Å². The molecule has 1 heterocycles. The molecule has 1 saturated heterocycles. The number of aliphatic imine (C=N–C) groups is 1. The number of amides is 1. The van der Waals surface area contributed by atoms with E-state index in [1.807, 2.05) is 6.92 Å². The Morgan fingerprint density at radius 2 is 2.30 bits per heavy atom. The predicted octanol–water partition coefficient (Wildman–Crippen LogP) is 2.26. The summed E-state index contributed by atoms with van der Waals surface area (Å²) in [6, 6.07) is 5.12. The van der Waals surface area contributed by atoms with Crippen molar-refractivity contribution >= 4 is 27.8 Å². The Balaban J connectivity index is 2.01. The van der Waals surface area contributed by atoms with Crippen LogP contribution in [0.5, 0.6) is 0 Å². The molecule has 1 aromatic rings. The number of halogens is 2. The van der Waals surface area contributed by atoms with Gasteiger partial charge in [0.25, 0.3) is 0 Å². The first-order valence-electron chi connectivity index (χ1n) is 7.72. The van der Waals surface area contributed by atoms with E-state index in [1.54, 1.807) is 24.1 Å². The van der Waals surface area contributed by atoms with Gasteiger partial charge in [-0.25, -0.2) is 9.38 Å². The van der Waals surface area contributed by atoms with Gasteiger partial charge in [-0.05, 0) is 25.5 Å². The van der Waals surface area contributed by atoms with Crippen LogP contribution in [0.15, 0.2) is 27.7 Å². The standard InChI is InChI=1S/C16H22BrFN4O/c1-3-19-16(21-13-6-7-15(23)22(2)10-13)20-9-11-4-5-12(17)8-14(11)18/h4-5,8,13H,3,6-7,9-10H2,1-2H3,(H2,19,20,21). The van der Waals surface area contributed by atoms with E-state index in [1.165, 1.54) is 6.07 Å². The Labute approximate surface area is 144 Å². The summed E-state index contributed by atoms with van der Waals surface area (Å²) in [6.45, 7) is 3.61. The SMILES string of the molecule is CCNC(=NCc1ccc(Br)cc1F)NC1CCC(=O)N(C)C1. The first-order chi connectivity index (χ1) is 11.0. The largest absolute Gasteiger partial charge is 0.357 e. The Morgan fingerprint density at radius 3 is 2.96 bits per heavy atom. The minimum atomic E-state index is -0.276. The summed E-state index contributed by atoms with van der Waals surface area (Å²) in [6.07, 6.45) is 1.31. The van der Waals surface area contributed by atoms with E-state index in [9.17, 15) is 9.18 Å². The predicted molar refractivity (Wildman–Crippen MR) is 92.7 cm³/mol. The number of likely N-dealkylation sites (N-methyl/N-ethyl adjacent to an activating group) is 1. The molecule has 1 atom stereocenters. The highest BCUT2D eigenvalue weighted by atomic mass is 79.9. The van der Waals surface area contributed by atoms with Crippen molar-refractivity contribution in [3.63, 3.8) is 0 Å². The molecule has 0 saturated carbocycles. The molecule has 2 N–H and O–H groups in total. The van der Waals surface area contributed by atoms with Gasteiger partial charge in [0, 0.05) is 42.6 Å². The van der Waals surface area contributed by atoms with Gasteiger partial charge in [0.2, 0.25) is 5.91 Å². The zero-order valence-corrected chi connectivity index (χ0v) is 15.0. The van der Waals surface area contributed by atoms with Crippen molar-refractivity contribution in [2.24, 2.45) is 4.99 Å². The van der Waals surface area contributed by atoms with Crippen LogP contribution in [-0.2, 0) is 11.3 Å². The molecule has 1 fully saturated rings. The van der Waals surface area contributed by atoms with Crippen LogP contribution in [0.2, 0.25) is 0 Å². The third kappa shape index (κ3) is 5.20. The van der Waals surface area contributed by atoms with Gasteiger partial charge >= 0.3 is 0 Å². The number of nitrogens with one attached hydrogen (secondary N) is 2. The van der Waals surface area contributed by atoms with Crippen LogP contribution in [-0.4, -0.2) is 42.9 Å². The zero-order valence-electron chi connectivity index (χ0n) is 13.4. The van der Waals surface area contributed by atoms with Crippen molar-refractivity contribution < 1.29 is 9.18 Å². The number of benzene rings is 1. The molecule has 1 aliphatic heterocycles. The second-order valence-electron chi connectivity index (χ2n) is 5.59. The van der Waals surface area contributed by atoms with Crippen molar-refractivity contribution in [1.82, 2.24) is 15.5 Å². The Kier molecular flexibility index (Phi) is 6.38. The van der Waals surface area contributed by atoms with Gasteiger partial charge in [-0.15, -0.1) is 0 Å². The van der Waals surface area contributed by atoms with E-state index in [0.29, 0.717) is 29.0 Å². The zero-order chi connectivity index (χ0) is 16.8. The second-order valence-corrected chi connectivity index (χ2v) is 6.50. The fourth-order valence-corrected chi connectivity index (χ4v) is 2.79. The van der Waals surface area contributed by atoms with Gasteiger partial charge < -0.3 is 15.5 Å². The molecule has 5 nitrogen and oxygen atoms in total. The quantitative estimate of drug-likeness (QED) is 0.618. The van der Waals surface area contributed by atoms with E-state index in [2.05, 4.69) is 31.6 Å². The molecule has 0 radical (unpaired) electrons. The van der Waals surface area contributed by atoms with Gasteiger partial charge in [-0.2, -0.15) is 0 Å². The summed E-state index contributed by atoms with van der Waals surface area (Å²) in [5, 5.41) is 6.48. The molecule has 0 aliphatic carbocycles.